The van der Waals surface area contributed by atoms with Crippen molar-refractivity contribution in [1.29, 1.82) is 0 Å². The molecule has 0 atom stereocenters. The smallest absolute Gasteiger partial charge is 0.121 e. The summed E-state index contributed by atoms with van der Waals surface area (Å²) >= 11 is 0. The Bertz CT molecular complexity index is 3810. The zero-order valence-electron chi connectivity index (χ0n) is 46.2. The van der Waals surface area contributed by atoms with Crippen LogP contribution in [0.4, 0.5) is 4.39 Å². The molecule has 5 heteroatoms. The first kappa shape index (κ1) is 45.6. The molecule has 12 rings (SSSR count). The van der Waals surface area contributed by atoms with Crippen LogP contribution < -0.4 is 0 Å². The summed E-state index contributed by atoms with van der Waals surface area (Å²) in [7, 11) is 0. The Morgan fingerprint density at radius 3 is 1.86 bits per heavy atom. The first-order chi connectivity index (χ1) is 34.8. The van der Waals surface area contributed by atoms with Gasteiger partial charge in [0.1, 0.15) is 5.58 Å². The van der Waals surface area contributed by atoms with Crippen molar-refractivity contribution in [2.24, 2.45) is 0 Å². The number of furan rings is 1. The van der Waals surface area contributed by atoms with Gasteiger partial charge in [-0.3, -0.25) is 4.39 Å². The minimum Gasteiger partial charge on any atom is -0.501 e. The summed E-state index contributed by atoms with van der Waals surface area (Å²) < 4.78 is 46.4. The Morgan fingerprint density at radius 2 is 1.24 bits per heavy atom. The average Bonchev–Trinajstić information content (AvgIpc) is 3.88. The SMILES string of the molecule is CC(C)(C)c1ccc(-c2[c-]cc(F)cc2)nc1.[2H]C([2H])([2H])c1cnc(-c2[c-]ccc3c2oc2cc4c(ccc5ccccc54)cc23)cc1-c1c2c(c(-c3ccccc3)c3c1C(C)(C)CC3(C)C)C(C)(C)CC2(C)C.[Ir]. The van der Waals surface area contributed by atoms with Crippen molar-refractivity contribution in [3.63, 3.8) is 0 Å². The largest absolute Gasteiger partial charge is 0.501 e. The van der Waals surface area contributed by atoms with Crippen LogP contribution in [-0.2, 0) is 47.2 Å². The van der Waals surface area contributed by atoms with Crippen LogP contribution in [0.15, 0.2) is 144 Å². The molecule has 3 aromatic heterocycles. The van der Waals surface area contributed by atoms with Crippen molar-refractivity contribution in [2.75, 3.05) is 0 Å². The fourth-order valence-corrected chi connectivity index (χ4v) is 13.0. The fourth-order valence-electron chi connectivity index (χ4n) is 13.0. The first-order valence-electron chi connectivity index (χ1n) is 26.5. The topological polar surface area (TPSA) is 38.9 Å². The van der Waals surface area contributed by atoms with E-state index in [0.717, 1.165) is 67.9 Å². The number of hydrogen-bond donors (Lipinski definition) is 0. The van der Waals surface area contributed by atoms with Gasteiger partial charge in [-0.1, -0.05) is 172 Å². The van der Waals surface area contributed by atoms with Gasteiger partial charge in [0.25, 0.3) is 0 Å². The van der Waals surface area contributed by atoms with Crippen LogP contribution in [0.2, 0.25) is 0 Å². The first-order valence-corrected chi connectivity index (χ1v) is 25.0. The Morgan fingerprint density at radius 1 is 0.597 bits per heavy atom. The predicted molar refractivity (Wildman–Crippen MR) is 295 cm³/mol. The molecule has 1 radical (unpaired) electrons. The van der Waals surface area contributed by atoms with E-state index in [1.54, 1.807) is 12.3 Å². The number of benzene rings is 7. The molecule has 0 spiro atoms. The van der Waals surface area contributed by atoms with Crippen molar-refractivity contribution < 1.29 is 33.0 Å². The van der Waals surface area contributed by atoms with Gasteiger partial charge in [0, 0.05) is 47.8 Å². The van der Waals surface area contributed by atoms with Gasteiger partial charge >= 0.3 is 0 Å². The number of rotatable bonds is 4. The molecule has 0 unspecified atom stereocenters. The third-order valence-electron chi connectivity index (χ3n) is 15.4. The summed E-state index contributed by atoms with van der Waals surface area (Å²) in [5, 5.41) is 6.68. The number of pyridine rings is 2. The van der Waals surface area contributed by atoms with Crippen molar-refractivity contribution in [3.8, 4) is 44.8 Å². The van der Waals surface area contributed by atoms with Crippen LogP contribution in [0.3, 0.4) is 0 Å². The third kappa shape index (κ3) is 8.22. The standard InChI is InChI=1S/C52H48NO.C15H15FN.Ir/c1-30-27-53-40(36-21-15-20-35-39-24-33-23-22-31-16-13-14-19-34(31)38(33)26-41(39)54-48(35)36)25-37(30)43-46-44(49(2,3)28-51(46,6)7)42(32-17-11-10-12-18-32)45-47(43)52(8,9)29-50(45,4)5;1-15(2,3)12-6-9-14(17-10-12)11-4-7-13(16)8-5-11;/h10-20,22-27H,28-29H2,1-9H3;4,6-10H,1-3H3;/q2*-1;/i1D3;;. The van der Waals surface area contributed by atoms with E-state index in [-0.39, 0.29) is 58.6 Å². The van der Waals surface area contributed by atoms with Crippen LogP contribution in [0.1, 0.15) is 126 Å². The summed E-state index contributed by atoms with van der Waals surface area (Å²) in [5.41, 5.74) is 14.9. The van der Waals surface area contributed by atoms with E-state index in [0.29, 0.717) is 11.3 Å². The summed E-state index contributed by atoms with van der Waals surface area (Å²) in [6.07, 6.45) is 5.37. The van der Waals surface area contributed by atoms with Crippen molar-refractivity contribution in [2.45, 2.75) is 123 Å². The predicted octanol–water partition coefficient (Wildman–Crippen LogP) is 18.3. The van der Waals surface area contributed by atoms with Crippen molar-refractivity contribution in [3.05, 3.63) is 191 Å². The average molecular weight is 1130 g/mol. The van der Waals surface area contributed by atoms with Crippen LogP contribution in [0, 0.1) is 24.8 Å². The zero-order valence-corrected chi connectivity index (χ0v) is 45.6. The Balaban J connectivity index is 0.000000304. The van der Waals surface area contributed by atoms with Gasteiger partial charge in [-0.15, -0.1) is 48.0 Å². The number of hydrogen-bond acceptors (Lipinski definition) is 3. The van der Waals surface area contributed by atoms with E-state index in [2.05, 4.69) is 184 Å². The molecule has 7 aromatic carbocycles. The van der Waals surface area contributed by atoms with E-state index in [4.69, 9.17) is 13.5 Å². The molecule has 72 heavy (non-hydrogen) atoms. The third-order valence-corrected chi connectivity index (χ3v) is 15.4. The molecule has 365 valence electrons. The molecule has 2 aliphatic rings. The van der Waals surface area contributed by atoms with Gasteiger partial charge in [-0.2, -0.15) is 0 Å². The molecule has 0 saturated carbocycles. The van der Waals surface area contributed by atoms with Crippen LogP contribution >= 0.6 is 0 Å². The van der Waals surface area contributed by atoms with E-state index in [1.165, 1.54) is 61.8 Å². The Labute approximate surface area is 442 Å². The molecule has 3 heterocycles. The molecule has 0 N–H and O–H groups in total. The van der Waals surface area contributed by atoms with Gasteiger partial charge < -0.3 is 14.4 Å². The van der Waals surface area contributed by atoms with Crippen LogP contribution in [0.5, 0.6) is 0 Å². The summed E-state index contributed by atoms with van der Waals surface area (Å²) in [5.74, 6) is -0.278. The maximum atomic E-state index is 12.8. The minimum atomic E-state index is -2.40. The molecule has 0 saturated heterocycles. The Hall–Kier alpha value is -6.26. The molecule has 2 aliphatic carbocycles. The van der Waals surface area contributed by atoms with Gasteiger partial charge in [-0.25, -0.2) is 0 Å². The number of fused-ring (bicyclic) bond motifs is 8. The summed E-state index contributed by atoms with van der Waals surface area (Å²) in [4.78, 5) is 9.34. The number of aryl methyl sites for hydroxylation is 1. The normalized spacial score (nSPS) is 16.9. The van der Waals surface area contributed by atoms with Gasteiger partial charge in [-0.05, 0) is 147 Å². The molecule has 0 fully saturated rings. The van der Waals surface area contributed by atoms with E-state index in [1.807, 2.05) is 24.4 Å². The maximum absolute atomic E-state index is 12.8. The molecule has 10 aromatic rings. The zero-order chi connectivity index (χ0) is 52.5. The molecular formula is C67H63FIrN2O-2. The minimum absolute atomic E-state index is 0. The van der Waals surface area contributed by atoms with Gasteiger partial charge in [0.05, 0.1) is 5.58 Å². The molecule has 0 bridgehead atoms. The second kappa shape index (κ2) is 17.5. The van der Waals surface area contributed by atoms with Gasteiger partial charge in [0.15, 0.2) is 0 Å². The quantitative estimate of drug-likeness (QED) is 0.130. The Kier molecular flexibility index (Phi) is 11.1. The van der Waals surface area contributed by atoms with E-state index < -0.39 is 6.85 Å². The van der Waals surface area contributed by atoms with Crippen LogP contribution in [-0.4, -0.2) is 9.97 Å². The number of nitrogens with zero attached hydrogens (tertiary/aromatic N) is 2. The van der Waals surface area contributed by atoms with E-state index in [9.17, 15) is 4.39 Å². The second-order valence-corrected chi connectivity index (χ2v) is 23.8. The maximum Gasteiger partial charge on any atom is 0.121 e. The second-order valence-electron chi connectivity index (χ2n) is 23.8. The molecular weight excluding hydrogens is 1060 g/mol. The van der Waals surface area contributed by atoms with Crippen molar-refractivity contribution in [1.82, 2.24) is 9.97 Å². The number of halogens is 1. The summed E-state index contributed by atoms with van der Waals surface area (Å²) in [6, 6.07) is 48.9. The fraction of sp³-hybridized carbons (Fsp3) is 0.284. The van der Waals surface area contributed by atoms with E-state index >= 15 is 0 Å². The van der Waals surface area contributed by atoms with Crippen LogP contribution in [0.25, 0.3) is 88.3 Å². The molecule has 0 aliphatic heterocycles. The number of aromatic nitrogens is 2. The monoisotopic (exact) mass is 1130 g/mol. The molecule has 0 amide bonds. The molecule has 3 nitrogen and oxygen atoms in total. The van der Waals surface area contributed by atoms with Gasteiger partial charge in [0.2, 0.25) is 0 Å². The van der Waals surface area contributed by atoms with Crippen molar-refractivity contribution >= 4 is 43.5 Å². The summed E-state index contributed by atoms with van der Waals surface area (Å²) in [6.45, 7) is 23.0.